The number of anilines is 1. The Balaban J connectivity index is 1.98. The van der Waals surface area contributed by atoms with Crippen LogP contribution >= 0.6 is 0 Å². The Labute approximate surface area is 230 Å². The molecule has 3 rings (SSSR count). The van der Waals surface area contributed by atoms with Crippen LogP contribution in [0.5, 0.6) is 0 Å². The highest BCUT2D eigenvalue weighted by atomic mass is 32.2. The van der Waals surface area contributed by atoms with Crippen LogP contribution in [-0.2, 0) is 26.0 Å². The molecule has 0 aliphatic rings. The average Bonchev–Trinajstić information content (AvgIpc) is 2.95. The molecule has 3 aromatic carbocycles. The van der Waals surface area contributed by atoms with E-state index in [1.807, 2.05) is 44.2 Å². The summed E-state index contributed by atoms with van der Waals surface area (Å²) < 4.78 is 43.1. The number of hydrogen-bond donors (Lipinski definition) is 1. The van der Waals surface area contributed by atoms with Crippen molar-refractivity contribution in [3.63, 3.8) is 0 Å². The summed E-state index contributed by atoms with van der Waals surface area (Å²) in [4.78, 5) is 28.4. The molecule has 9 heteroatoms. The fourth-order valence-corrected chi connectivity index (χ4v) is 5.73. The Morgan fingerprint density at radius 3 is 2.13 bits per heavy atom. The fraction of sp³-hybridized carbons (Fsp3) is 0.333. The van der Waals surface area contributed by atoms with Gasteiger partial charge >= 0.3 is 0 Å². The molecule has 1 atom stereocenters. The number of amides is 2. The van der Waals surface area contributed by atoms with E-state index < -0.39 is 34.3 Å². The molecule has 0 saturated heterocycles. The van der Waals surface area contributed by atoms with Crippen molar-refractivity contribution in [1.29, 1.82) is 0 Å². The first kappa shape index (κ1) is 29.8. The SMILES string of the molecule is CCCCNC(=O)[C@H](CC)N(CCc1ccccc1)C(=O)CN(c1ccccc1F)S(=O)(=O)c1ccccc1. The number of halogens is 1. The molecule has 208 valence electrons. The van der Waals surface area contributed by atoms with Crippen molar-refractivity contribution in [2.24, 2.45) is 0 Å². The molecular weight excluding hydrogens is 517 g/mol. The van der Waals surface area contributed by atoms with E-state index in [9.17, 15) is 22.4 Å². The number of nitrogens with one attached hydrogen (secondary N) is 1. The number of rotatable bonds is 14. The van der Waals surface area contributed by atoms with E-state index in [4.69, 9.17) is 0 Å². The maximum atomic E-state index is 14.9. The Morgan fingerprint density at radius 2 is 1.51 bits per heavy atom. The molecular formula is C30H36FN3O4S. The number of benzene rings is 3. The lowest BCUT2D eigenvalue weighted by atomic mass is 10.1. The minimum absolute atomic E-state index is 0.0683. The number of sulfonamides is 1. The molecule has 0 saturated carbocycles. The summed E-state index contributed by atoms with van der Waals surface area (Å²) in [6.07, 6.45) is 2.51. The number of carbonyl (C=O) groups excluding carboxylic acids is 2. The minimum atomic E-state index is -4.30. The molecule has 7 nitrogen and oxygen atoms in total. The molecule has 0 fully saturated rings. The van der Waals surface area contributed by atoms with Gasteiger partial charge in [-0.05, 0) is 49.1 Å². The number of nitrogens with zero attached hydrogens (tertiary/aromatic N) is 2. The second-order valence-electron chi connectivity index (χ2n) is 9.17. The predicted octanol–water partition coefficient (Wildman–Crippen LogP) is 4.79. The standard InChI is InChI=1S/C30H36FN3O4S/c1-3-5-21-32-30(36)27(4-2)33(22-20-24-14-8-6-9-15-24)29(35)23-34(28-19-13-12-18-26(28)31)39(37,38)25-16-10-7-11-17-25/h6-19,27H,3-5,20-23H2,1-2H3,(H,32,36)/t27-/m0/s1. The highest BCUT2D eigenvalue weighted by Gasteiger charge is 2.34. The minimum Gasteiger partial charge on any atom is -0.354 e. The Kier molecular flexibility index (Phi) is 11.0. The smallest absolute Gasteiger partial charge is 0.264 e. The largest absolute Gasteiger partial charge is 0.354 e. The summed E-state index contributed by atoms with van der Waals surface area (Å²) in [5.74, 6) is -1.66. The number of para-hydroxylation sites is 1. The van der Waals surface area contributed by atoms with Gasteiger partial charge in [0.1, 0.15) is 18.4 Å². The zero-order chi connectivity index (χ0) is 28.3. The van der Waals surface area contributed by atoms with Crippen LogP contribution in [0.2, 0.25) is 0 Å². The molecule has 0 spiro atoms. The third-order valence-corrected chi connectivity index (χ3v) is 8.20. The van der Waals surface area contributed by atoms with Crippen LogP contribution in [-0.4, -0.2) is 50.8 Å². The van der Waals surface area contributed by atoms with Gasteiger partial charge in [0, 0.05) is 13.1 Å². The van der Waals surface area contributed by atoms with E-state index in [0.29, 0.717) is 19.4 Å². The molecule has 0 aromatic heterocycles. The number of carbonyl (C=O) groups is 2. The van der Waals surface area contributed by atoms with Gasteiger partial charge in [-0.15, -0.1) is 0 Å². The maximum absolute atomic E-state index is 14.9. The van der Waals surface area contributed by atoms with Gasteiger partial charge in [0.15, 0.2) is 0 Å². The van der Waals surface area contributed by atoms with Gasteiger partial charge in [-0.3, -0.25) is 13.9 Å². The van der Waals surface area contributed by atoms with Crippen molar-refractivity contribution in [3.8, 4) is 0 Å². The summed E-state index contributed by atoms with van der Waals surface area (Å²) in [6, 6.07) is 21.8. The van der Waals surface area contributed by atoms with Crippen LogP contribution in [0, 0.1) is 5.82 Å². The summed E-state index contributed by atoms with van der Waals surface area (Å²) >= 11 is 0. The van der Waals surface area contributed by atoms with Crippen LogP contribution < -0.4 is 9.62 Å². The van der Waals surface area contributed by atoms with Gasteiger partial charge in [0.05, 0.1) is 10.6 Å². The zero-order valence-corrected chi connectivity index (χ0v) is 23.2. The normalized spacial score (nSPS) is 12.0. The number of unbranched alkanes of at least 4 members (excludes halogenated alkanes) is 1. The molecule has 0 aliphatic heterocycles. The first-order chi connectivity index (χ1) is 18.8. The monoisotopic (exact) mass is 553 g/mol. The van der Waals surface area contributed by atoms with Gasteiger partial charge in [-0.2, -0.15) is 0 Å². The van der Waals surface area contributed by atoms with Gasteiger partial charge < -0.3 is 10.2 Å². The second-order valence-corrected chi connectivity index (χ2v) is 11.0. The molecule has 0 heterocycles. The van der Waals surface area contributed by atoms with E-state index in [2.05, 4.69) is 5.32 Å². The lowest BCUT2D eigenvalue weighted by Crippen LogP contribution is -2.53. The van der Waals surface area contributed by atoms with Crippen LogP contribution in [0.15, 0.2) is 89.8 Å². The van der Waals surface area contributed by atoms with Gasteiger partial charge in [0.25, 0.3) is 10.0 Å². The molecule has 0 unspecified atom stereocenters. The summed E-state index contributed by atoms with van der Waals surface area (Å²) in [7, 11) is -4.30. The number of hydrogen-bond acceptors (Lipinski definition) is 4. The molecule has 1 N–H and O–H groups in total. The lowest BCUT2D eigenvalue weighted by Gasteiger charge is -2.33. The predicted molar refractivity (Wildman–Crippen MR) is 151 cm³/mol. The highest BCUT2D eigenvalue weighted by molar-refractivity contribution is 7.92. The van der Waals surface area contributed by atoms with Crippen LogP contribution in [0.25, 0.3) is 0 Å². The quantitative estimate of drug-likeness (QED) is 0.291. The van der Waals surface area contributed by atoms with Gasteiger partial charge in [-0.1, -0.05) is 80.9 Å². The van der Waals surface area contributed by atoms with Crippen LogP contribution in [0.4, 0.5) is 10.1 Å². The summed E-state index contributed by atoms with van der Waals surface area (Å²) in [6.45, 7) is 3.84. The van der Waals surface area contributed by atoms with Crippen molar-refractivity contribution in [3.05, 3.63) is 96.3 Å². The first-order valence-corrected chi connectivity index (χ1v) is 14.7. The van der Waals surface area contributed by atoms with E-state index in [1.165, 1.54) is 35.2 Å². The second kappa shape index (κ2) is 14.4. The molecule has 3 aromatic rings. The summed E-state index contributed by atoms with van der Waals surface area (Å²) in [5, 5.41) is 2.89. The highest BCUT2D eigenvalue weighted by Crippen LogP contribution is 2.26. The average molecular weight is 554 g/mol. The van der Waals surface area contributed by atoms with E-state index in [0.717, 1.165) is 28.8 Å². The van der Waals surface area contributed by atoms with E-state index in [-0.39, 0.29) is 23.0 Å². The van der Waals surface area contributed by atoms with Crippen LogP contribution in [0.3, 0.4) is 0 Å². The maximum Gasteiger partial charge on any atom is 0.264 e. The third-order valence-electron chi connectivity index (χ3n) is 6.43. The van der Waals surface area contributed by atoms with Crippen molar-refractivity contribution >= 4 is 27.5 Å². The van der Waals surface area contributed by atoms with Gasteiger partial charge in [-0.25, -0.2) is 12.8 Å². The molecule has 39 heavy (non-hydrogen) atoms. The van der Waals surface area contributed by atoms with Crippen molar-refractivity contribution in [1.82, 2.24) is 10.2 Å². The fourth-order valence-electron chi connectivity index (χ4n) is 4.29. The van der Waals surface area contributed by atoms with Crippen molar-refractivity contribution < 1.29 is 22.4 Å². The lowest BCUT2D eigenvalue weighted by molar-refractivity contribution is -0.139. The zero-order valence-electron chi connectivity index (χ0n) is 22.4. The van der Waals surface area contributed by atoms with Crippen molar-refractivity contribution in [2.75, 3.05) is 23.9 Å². The third kappa shape index (κ3) is 7.89. The van der Waals surface area contributed by atoms with Crippen LogP contribution in [0.1, 0.15) is 38.7 Å². The summed E-state index contributed by atoms with van der Waals surface area (Å²) in [5.41, 5.74) is 0.734. The van der Waals surface area contributed by atoms with E-state index >= 15 is 0 Å². The Bertz CT molecular complexity index is 1320. The first-order valence-electron chi connectivity index (χ1n) is 13.2. The molecule has 0 aliphatic carbocycles. The molecule has 0 bridgehead atoms. The Morgan fingerprint density at radius 1 is 0.897 bits per heavy atom. The topological polar surface area (TPSA) is 86.8 Å². The van der Waals surface area contributed by atoms with Gasteiger partial charge in [0.2, 0.25) is 11.8 Å². The Hall–Kier alpha value is -3.72. The van der Waals surface area contributed by atoms with Crippen molar-refractivity contribution in [2.45, 2.75) is 50.5 Å². The van der Waals surface area contributed by atoms with E-state index in [1.54, 1.807) is 18.2 Å². The molecule has 2 amide bonds. The molecule has 0 radical (unpaired) electrons.